The molecule has 136 valence electrons. The first-order chi connectivity index (χ1) is 12.7. The first-order valence-electron chi connectivity index (χ1n) is 7.99. The molecule has 0 radical (unpaired) electrons. The Morgan fingerprint density at radius 1 is 1.00 bits per heavy atom. The molecule has 1 aromatic heterocycles. The summed E-state index contributed by atoms with van der Waals surface area (Å²) in [5.41, 5.74) is 0.695. The number of carbonyl (C=O) groups excluding carboxylic acids is 2. The molecule has 0 saturated heterocycles. The summed E-state index contributed by atoms with van der Waals surface area (Å²) in [6.45, 7) is 0. The molecule has 4 rings (SSSR count). The van der Waals surface area contributed by atoms with Crippen LogP contribution in [0, 0.1) is 0 Å². The molecule has 1 aliphatic rings. The maximum absolute atomic E-state index is 12.9. The van der Waals surface area contributed by atoms with Crippen molar-refractivity contribution in [1.82, 2.24) is 4.57 Å². The van der Waals surface area contributed by atoms with Gasteiger partial charge in [0.2, 0.25) is 0 Å². The second kappa shape index (κ2) is 5.70. The van der Waals surface area contributed by atoms with Gasteiger partial charge in [0.05, 0.1) is 11.1 Å². The molecule has 0 spiro atoms. The first-order valence-corrected chi connectivity index (χ1v) is 9.60. The van der Waals surface area contributed by atoms with Crippen LogP contribution in [-0.2, 0) is 17.2 Å². The van der Waals surface area contributed by atoms with E-state index in [0.29, 0.717) is 27.6 Å². The number of hydrogen-bond donors (Lipinski definition) is 1. The molecule has 7 nitrogen and oxygen atoms in total. The number of Topliss-reactive ketones (excluding diaryl/α,β-unsaturated/α-hetero) is 1. The molecule has 1 heterocycles. The van der Waals surface area contributed by atoms with E-state index in [1.165, 1.54) is 11.6 Å². The molecule has 1 N–H and O–H groups in total. The monoisotopic (exact) mass is 383 g/mol. The molecular formula is C19H13NO6S. The molecule has 0 atom stereocenters. The van der Waals surface area contributed by atoms with Crippen LogP contribution in [0.2, 0.25) is 0 Å². The fourth-order valence-electron chi connectivity index (χ4n) is 3.59. The van der Waals surface area contributed by atoms with Gasteiger partial charge in [0.15, 0.2) is 11.6 Å². The number of fused-ring (bicyclic) bond motifs is 2. The van der Waals surface area contributed by atoms with Crippen molar-refractivity contribution < 1.29 is 22.6 Å². The molecule has 0 unspecified atom stereocenters. The van der Waals surface area contributed by atoms with Gasteiger partial charge in [-0.15, -0.1) is 0 Å². The standard InChI is InChI=1S/C19H13NO6S/c1-20-13-8-4-7-12-15(13)16(10-5-2-3-6-11(10)18(12)22)17(19(20)23)14(21)9-27(24,25)26/h2-8H,9H2,1H3,(H,24,25,26). The van der Waals surface area contributed by atoms with E-state index in [-0.39, 0.29) is 16.9 Å². The van der Waals surface area contributed by atoms with E-state index in [1.54, 1.807) is 42.5 Å². The maximum atomic E-state index is 12.9. The Kier molecular flexibility index (Phi) is 3.66. The summed E-state index contributed by atoms with van der Waals surface area (Å²) in [6.07, 6.45) is 0. The first kappa shape index (κ1) is 17.3. The average Bonchev–Trinajstić information content (AvgIpc) is 2.61. The highest BCUT2D eigenvalue weighted by Gasteiger charge is 2.32. The van der Waals surface area contributed by atoms with Gasteiger partial charge in [-0.05, 0) is 11.6 Å². The normalized spacial score (nSPS) is 12.9. The summed E-state index contributed by atoms with van der Waals surface area (Å²) in [5.74, 6) is -2.47. The van der Waals surface area contributed by atoms with Crippen molar-refractivity contribution in [2.24, 2.45) is 7.05 Å². The minimum Gasteiger partial charge on any atom is -0.311 e. The second-order valence-corrected chi connectivity index (χ2v) is 7.79. The Morgan fingerprint density at radius 3 is 2.30 bits per heavy atom. The SMILES string of the molecule is Cn1c(=O)c(C(=O)CS(=O)(=O)O)c2c3c(cccc31)C(=O)c1ccccc1-2. The van der Waals surface area contributed by atoms with Crippen molar-refractivity contribution in [1.29, 1.82) is 0 Å². The Morgan fingerprint density at radius 2 is 1.63 bits per heavy atom. The van der Waals surface area contributed by atoms with Crippen LogP contribution in [0.15, 0.2) is 47.3 Å². The summed E-state index contributed by atoms with van der Waals surface area (Å²) in [7, 11) is -3.18. The smallest absolute Gasteiger partial charge is 0.272 e. The third kappa shape index (κ3) is 2.53. The van der Waals surface area contributed by atoms with E-state index in [4.69, 9.17) is 4.55 Å². The van der Waals surface area contributed by atoms with E-state index in [1.807, 2.05) is 0 Å². The summed E-state index contributed by atoms with van der Waals surface area (Å²) in [4.78, 5) is 38.4. The Hall–Kier alpha value is -3.10. The molecule has 0 saturated carbocycles. The van der Waals surface area contributed by atoms with Gasteiger partial charge in [0, 0.05) is 29.1 Å². The molecule has 3 aromatic rings. The van der Waals surface area contributed by atoms with Crippen LogP contribution in [0.1, 0.15) is 26.3 Å². The lowest BCUT2D eigenvalue weighted by atomic mass is 9.81. The zero-order valence-corrected chi connectivity index (χ0v) is 14.9. The van der Waals surface area contributed by atoms with Crippen molar-refractivity contribution in [3.63, 3.8) is 0 Å². The number of rotatable bonds is 3. The minimum absolute atomic E-state index is 0.229. The van der Waals surface area contributed by atoms with E-state index in [9.17, 15) is 22.8 Å². The molecule has 0 amide bonds. The van der Waals surface area contributed by atoms with Crippen LogP contribution in [0.3, 0.4) is 0 Å². The topological polar surface area (TPSA) is 111 Å². The number of carbonyl (C=O) groups is 2. The number of aromatic nitrogens is 1. The third-order valence-corrected chi connectivity index (χ3v) is 5.33. The fourth-order valence-corrected chi connectivity index (χ4v) is 4.07. The third-order valence-electron chi connectivity index (χ3n) is 4.70. The average molecular weight is 383 g/mol. The molecule has 1 aliphatic carbocycles. The van der Waals surface area contributed by atoms with E-state index >= 15 is 0 Å². The van der Waals surface area contributed by atoms with Crippen molar-refractivity contribution in [2.75, 3.05) is 5.75 Å². The Bertz CT molecular complexity index is 1330. The predicted octanol–water partition coefficient (Wildman–Crippen LogP) is 1.82. The molecule has 27 heavy (non-hydrogen) atoms. The minimum atomic E-state index is -4.62. The van der Waals surface area contributed by atoms with Crippen LogP contribution < -0.4 is 5.56 Å². The quantitative estimate of drug-likeness (QED) is 0.427. The highest BCUT2D eigenvalue weighted by Crippen LogP contribution is 2.40. The van der Waals surface area contributed by atoms with E-state index < -0.39 is 27.2 Å². The summed E-state index contributed by atoms with van der Waals surface area (Å²) in [6, 6.07) is 11.4. The van der Waals surface area contributed by atoms with Gasteiger partial charge in [-0.1, -0.05) is 36.4 Å². The number of nitrogens with zero attached hydrogens (tertiary/aromatic N) is 1. The van der Waals surface area contributed by atoms with Crippen LogP contribution in [0.4, 0.5) is 0 Å². The summed E-state index contributed by atoms with van der Waals surface area (Å²) >= 11 is 0. The van der Waals surface area contributed by atoms with Gasteiger partial charge >= 0.3 is 0 Å². The number of benzene rings is 2. The predicted molar refractivity (Wildman–Crippen MR) is 98.8 cm³/mol. The van der Waals surface area contributed by atoms with Crippen LogP contribution >= 0.6 is 0 Å². The summed E-state index contributed by atoms with van der Waals surface area (Å²) in [5, 5.41) is 0.419. The Labute approximate surface area is 153 Å². The van der Waals surface area contributed by atoms with Crippen LogP contribution in [-0.4, -0.2) is 34.9 Å². The van der Waals surface area contributed by atoms with Gasteiger partial charge in [0.1, 0.15) is 5.75 Å². The number of hydrogen-bond acceptors (Lipinski definition) is 5. The van der Waals surface area contributed by atoms with Gasteiger partial charge < -0.3 is 4.57 Å². The van der Waals surface area contributed by atoms with Crippen molar-refractivity contribution in [3.8, 4) is 11.1 Å². The van der Waals surface area contributed by atoms with Crippen LogP contribution in [0.5, 0.6) is 0 Å². The largest absolute Gasteiger partial charge is 0.311 e. The lowest BCUT2D eigenvalue weighted by molar-refractivity contribution is 0.101. The molecule has 0 bridgehead atoms. The molecule has 2 aromatic carbocycles. The highest BCUT2D eigenvalue weighted by atomic mass is 32.2. The lowest BCUT2D eigenvalue weighted by Gasteiger charge is -2.23. The molecular weight excluding hydrogens is 370 g/mol. The zero-order valence-electron chi connectivity index (χ0n) is 14.1. The van der Waals surface area contributed by atoms with Crippen molar-refractivity contribution in [3.05, 3.63) is 69.5 Å². The second-order valence-electron chi connectivity index (χ2n) is 6.34. The van der Waals surface area contributed by atoms with Crippen molar-refractivity contribution >= 4 is 32.6 Å². The van der Waals surface area contributed by atoms with Gasteiger partial charge in [0.25, 0.3) is 15.7 Å². The van der Waals surface area contributed by atoms with E-state index in [2.05, 4.69) is 0 Å². The molecule has 0 fully saturated rings. The highest BCUT2D eigenvalue weighted by molar-refractivity contribution is 7.86. The lowest BCUT2D eigenvalue weighted by Crippen LogP contribution is -2.30. The maximum Gasteiger partial charge on any atom is 0.272 e. The molecule has 0 aliphatic heterocycles. The van der Waals surface area contributed by atoms with Crippen molar-refractivity contribution in [2.45, 2.75) is 0 Å². The summed E-state index contributed by atoms with van der Waals surface area (Å²) < 4.78 is 32.7. The number of pyridine rings is 1. The van der Waals surface area contributed by atoms with Gasteiger partial charge in [-0.3, -0.25) is 18.9 Å². The molecule has 8 heteroatoms. The van der Waals surface area contributed by atoms with Gasteiger partial charge in [-0.2, -0.15) is 8.42 Å². The number of ketones is 2. The van der Waals surface area contributed by atoms with Crippen LogP contribution in [0.25, 0.3) is 22.0 Å². The zero-order chi connectivity index (χ0) is 19.5. The fraction of sp³-hybridized carbons (Fsp3) is 0.105. The van der Waals surface area contributed by atoms with Gasteiger partial charge in [-0.25, -0.2) is 0 Å². The Balaban J connectivity index is 2.23. The van der Waals surface area contributed by atoms with E-state index in [0.717, 1.165) is 0 Å². The number of aryl methyl sites for hydroxylation is 1.